The molecule has 0 radical (unpaired) electrons. The van der Waals surface area contributed by atoms with E-state index in [1.165, 1.54) is 15.6 Å². The molecule has 0 aliphatic carbocycles. The molecular formula is C10H14N6O3. The van der Waals surface area contributed by atoms with Crippen molar-refractivity contribution in [3.05, 3.63) is 16.7 Å². The molecule has 2 rings (SSSR count). The Labute approximate surface area is 108 Å². The second-order valence-corrected chi connectivity index (χ2v) is 3.91. The van der Waals surface area contributed by atoms with E-state index in [1.807, 2.05) is 0 Å². The molecule has 0 atom stereocenters. The van der Waals surface area contributed by atoms with Crippen LogP contribution in [0.25, 0.3) is 11.2 Å². The molecule has 0 aliphatic rings. The Hall–Kier alpha value is -2.29. The summed E-state index contributed by atoms with van der Waals surface area (Å²) in [6.07, 6.45) is 1.31. The molecule has 2 aromatic rings. The van der Waals surface area contributed by atoms with Gasteiger partial charge in [0, 0.05) is 20.7 Å². The summed E-state index contributed by atoms with van der Waals surface area (Å²) in [6, 6.07) is 0. The molecule has 0 spiro atoms. The summed E-state index contributed by atoms with van der Waals surface area (Å²) in [6.45, 7) is 0.703. The van der Waals surface area contributed by atoms with Gasteiger partial charge >= 0.3 is 0 Å². The summed E-state index contributed by atoms with van der Waals surface area (Å²) in [4.78, 5) is 27.6. The highest BCUT2D eigenvalue weighted by Crippen LogP contribution is 1.99. The summed E-state index contributed by atoms with van der Waals surface area (Å²) in [5, 5.41) is 10.1. The third-order valence-electron chi connectivity index (χ3n) is 2.52. The number of nitrogens with zero attached hydrogens (tertiary/aromatic N) is 5. The van der Waals surface area contributed by atoms with Gasteiger partial charge in [0.1, 0.15) is 12.9 Å². The van der Waals surface area contributed by atoms with E-state index in [0.29, 0.717) is 18.8 Å². The van der Waals surface area contributed by atoms with Gasteiger partial charge < -0.3 is 10.1 Å². The molecule has 102 valence electrons. The van der Waals surface area contributed by atoms with Crippen molar-refractivity contribution in [2.75, 3.05) is 20.3 Å². The van der Waals surface area contributed by atoms with Gasteiger partial charge in [0.25, 0.3) is 5.56 Å². The Morgan fingerprint density at radius 1 is 1.53 bits per heavy atom. The minimum absolute atomic E-state index is 0.109. The number of ether oxygens (including phenoxy) is 1. The third kappa shape index (κ3) is 2.76. The monoisotopic (exact) mass is 266 g/mol. The predicted octanol–water partition coefficient (Wildman–Crippen LogP) is -1.71. The largest absolute Gasteiger partial charge is 0.383 e. The zero-order chi connectivity index (χ0) is 13.8. The number of carbonyl (C=O) groups excluding carboxylic acids is 1. The SMILES string of the molecule is COCCNC(=O)Cn1cnc2c(nnn2C)c1=O. The molecular weight excluding hydrogens is 252 g/mol. The molecule has 9 heteroatoms. The van der Waals surface area contributed by atoms with E-state index in [2.05, 4.69) is 20.6 Å². The molecule has 0 aromatic carbocycles. The number of amides is 1. The van der Waals surface area contributed by atoms with Gasteiger partial charge in [-0.25, -0.2) is 9.67 Å². The van der Waals surface area contributed by atoms with Crippen LogP contribution >= 0.6 is 0 Å². The number of aryl methyl sites for hydroxylation is 1. The van der Waals surface area contributed by atoms with E-state index >= 15 is 0 Å². The van der Waals surface area contributed by atoms with Crippen molar-refractivity contribution >= 4 is 17.1 Å². The zero-order valence-corrected chi connectivity index (χ0v) is 10.7. The molecule has 2 aromatic heterocycles. The van der Waals surface area contributed by atoms with Gasteiger partial charge in [-0.2, -0.15) is 0 Å². The van der Waals surface area contributed by atoms with E-state index in [0.717, 1.165) is 0 Å². The number of aromatic nitrogens is 5. The fraction of sp³-hybridized carbons (Fsp3) is 0.500. The van der Waals surface area contributed by atoms with Crippen LogP contribution in [0, 0.1) is 0 Å². The lowest BCUT2D eigenvalue weighted by molar-refractivity contribution is -0.121. The van der Waals surface area contributed by atoms with Crippen molar-refractivity contribution < 1.29 is 9.53 Å². The molecule has 0 saturated carbocycles. The zero-order valence-electron chi connectivity index (χ0n) is 10.7. The van der Waals surface area contributed by atoms with Crippen LogP contribution in [-0.2, 0) is 23.1 Å². The standard InChI is InChI=1S/C10H14N6O3/c1-15-9-8(13-14-15)10(18)16(6-12-9)5-7(17)11-3-4-19-2/h6H,3-5H2,1-2H3,(H,11,17). The topological polar surface area (TPSA) is 104 Å². The number of rotatable bonds is 5. The molecule has 0 bridgehead atoms. The fourth-order valence-corrected chi connectivity index (χ4v) is 1.56. The average Bonchev–Trinajstić information content (AvgIpc) is 2.76. The quantitative estimate of drug-likeness (QED) is 0.646. The summed E-state index contributed by atoms with van der Waals surface area (Å²) in [5.41, 5.74) is 0.149. The molecule has 0 aliphatic heterocycles. The lowest BCUT2D eigenvalue weighted by Crippen LogP contribution is -2.34. The Morgan fingerprint density at radius 3 is 3.05 bits per heavy atom. The molecule has 1 amide bonds. The van der Waals surface area contributed by atoms with Crippen LogP contribution in [0.3, 0.4) is 0 Å². The van der Waals surface area contributed by atoms with E-state index in [1.54, 1.807) is 14.2 Å². The minimum atomic E-state index is -0.389. The first-order valence-electron chi connectivity index (χ1n) is 5.64. The van der Waals surface area contributed by atoms with E-state index in [9.17, 15) is 9.59 Å². The molecule has 9 nitrogen and oxygen atoms in total. The highest BCUT2D eigenvalue weighted by Gasteiger charge is 2.11. The Balaban J connectivity index is 2.15. The van der Waals surface area contributed by atoms with Gasteiger partial charge in [0.05, 0.1) is 6.61 Å². The molecule has 19 heavy (non-hydrogen) atoms. The first-order valence-corrected chi connectivity index (χ1v) is 5.64. The number of methoxy groups -OCH3 is 1. The predicted molar refractivity (Wildman–Crippen MR) is 65.4 cm³/mol. The molecule has 0 unspecified atom stereocenters. The number of hydrogen-bond donors (Lipinski definition) is 1. The maximum absolute atomic E-state index is 12.0. The lowest BCUT2D eigenvalue weighted by atomic mass is 10.5. The van der Waals surface area contributed by atoms with Crippen LogP contribution in [-0.4, -0.2) is 50.7 Å². The van der Waals surface area contributed by atoms with Crippen molar-refractivity contribution in [3.8, 4) is 0 Å². The third-order valence-corrected chi connectivity index (χ3v) is 2.52. The van der Waals surface area contributed by atoms with Gasteiger partial charge in [0.15, 0.2) is 11.2 Å². The van der Waals surface area contributed by atoms with E-state index in [-0.39, 0.29) is 23.5 Å². The Bertz CT molecular complexity index is 646. The van der Waals surface area contributed by atoms with Gasteiger partial charge in [-0.15, -0.1) is 5.10 Å². The summed E-state index contributed by atoms with van der Waals surface area (Å²) in [5.74, 6) is -0.288. The van der Waals surface area contributed by atoms with Crippen LogP contribution in [0.2, 0.25) is 0 Å². The van der Waals surface area contributed by atoms with Gasteiger partial charge in [-0.3, -0.25) is 14.2 Å². The first kappa shape index (κ1) is 13.1. The molecule has 0 fully saturated rings. The maximum Gasteiger partial charge on any atom is 0.283 e. The molecule has 1 N–H and O–H groups in total. The van der Waals surface area contributed by atoms with Crippen LogP contribution in [0.4, 0.5) is 0 Å². The van der Waals surface area contributed by atoms with Crippen molar-refractivity contribution in [3.63, 3.8) is 0 Å². The smallest absolute Gasteiger partial charge is 0.283 e. The maximum atomic E-state index is 12.0. The second kappa shape index (κ2) is 5.57. The highest BCUT2D eigenvalue weighted by molar-refractivity contribution is 5.76. The summed E-state index contributed by atoms with van der Waals surface area (Å²) >= 11 is 0. The Kier molecular flexibility index (Phi) is 3.85. The van der Waals surface area contributed by atoms with Gasteiger partial charge in [-0.05, 0) is 0 Å². The minimum Gasteiger partial charge on any atom is -0.383 e. The number of nitrogens with one attached hydrogen (secondary N) is 1. The first-order chi connectivity index (χ1) is 9.13. The van der Waals surface area contributed by atoms with E-state index < -0.39 is 0 Å². The number of fused-ring (bicyclic) bond motifs is 1. The van der Waals surface area contributed by atoms with E-state index in [4.69, 9.17) is 4.74 Å². The van der Waals surface area contributed by atoms with Crippen molar-refractivity contribution in [1.82, 2.24) is 29.9 Å². The number of carbonyl (C=O) groups is 1. The average molecular weight is 266 g/mol. The highest BCUT2D eigenvalue weighted by atomic mass is 16.5. The second-order valence-electron chi connectivity index (χ2n) is 3.91. The van der Waals surface area contributed by atoms with Gasteiger partial charge in [-0.1, -0.05) is 5.21 Å². The van der Waals surface area contributed by atoms with Crippen LogP contribution in [0.15, 0.2) is 11.1 Å². The lowest BCUT2D eigenvalue weighted by Gasteiger charge is -2.06. The summed E-state index contributed by atoms with van der Waals surface area (Å²) < 4.78 is 7.41. The fourth-order valence-electron chi connectivity index (χ4n) is 1.56. The number of hydrogen-bond acceptors (Lipinski definition) is 6. The van der Waals surface area contributed by atoms with Crippen molar-refractivity contribution in [1.29, 1.82) is 0 Å². The van der Waals surface area contributed by atoms with Crippen molar-refractivity contribution in [2.24, 2.45) is 7.05 Å². The van der Waals surface area contributed by atoms with Crippen molar-refractivity contribution in [2.45, 2.75) is 6.54 Å². The molecule has 0 saturated heterocycles. The van der Waals surface area contributed by atoms with Gasteiger partial charge in [0.2, 0.25) is 5.91 Å². The van der Waals surface area contributed by atoms with Crippen LogP contribution < -0.4 is 10.9 Å². The molecule has 2 heterocycles. The summed E-state index contributed by atoms with van der Waals surface area (Å²) in [7, 11) is 3.19. The Morgan fingerprint density at radius 2 is 2.32 bits per heavy atom. The van der Waals surface area contributed by atoms with Crippen LogP contribution in [0.5, 0.6) is 0 Å². The normalized spacial score (nSPS) is 10.8. The van der Waals surface area contributed by atoms with Crippen LogP contribution in [0.1, 0.15) is 0 Å².